The average Bonchev–Trinajstić information content (AvgIpc) is 2.68. The summed E-state index contributed by atoms with van der Waals surface area (Å²) in [6.07, 6.45) is 3.46. The van der Waals surface area contributed by atoms with E-state index in [2.05, 4.69) is 82.4 Å². The number of carbonyl (C=O) groups is 1. The molecule has 2 aromatic rings. The molecule has 2 heteroatoms. The first-order chi connectivity index (χ1) is 13.7. The third-order valence-corrected chi connectivity index (χ3v) is 6.49. The van der Waals surface area contributed by atoms with Crippen LogP contribution in [0.4, 0.5) is 0 Å². The van der Waals surface area contributed by atoms with E-state index in [0.29, 0.717) is 41.9 Å². The smallest absolute Gasteiger partial charge is 0.138 e. The molecule has 1 saturated heterocycles. The molecular formula is C27H37NO. The van der Waals surface area contributed by atoms with E-state index >= 15 is 0 Å². The van der Waals surface area contributed by atoms with Crippen LogP contribution in [0.15, 0.2) is 48.5 Å². The van der Waals surface area contributed by atoms with Crippen LogP contribution in [0.25, 0.3) is 11.1 Å². The summed E-state index contributed by atoms with van der Waals surface area (Å²) in [5, 5.41) is 3.58. The summed E-state index contributed by atoms with van der Waals surface area (Å²) in [5.41, 5.74) is 5.18. The van der Waals surface area contributed by atoms with E-state index in [1.54, 1.807) is 0 Å². The number of ketones is 1. The topological polar surface area (TPSA) is 29.1 Å². The van der Waals surface area contributed by atoms with Gasteiger partial charge in [-0.15, -0.1) is 0 Å². The SMILES string of the molecule is CC(C)c1ccc(-c2ccccc2CC(=O)CC2CC(C(C)(C)C)CCN2)cc1. The maximum absolute atomic E-state index is 12.9. The Morgan fingerprint density at radius 2 is 1.76 bits per heavy atom. The van der Waals surface area contributed by atoms with Gasteiger partial charge in [0.15, 0.2) is 0 Å². The van der Waals surface area contributed by atoms with Crippen LogP contribution >= 0.6 is 0 Å². The fourth-order valence-corrected chi connectivity index (χ4v) is 4.51. The average molecular weight is 392 g/mol. The summed E-state index contributed by atoms with van der Waals surface area (Å²) in [6.45, 7) is 12.4. The van der Waals surface area contributed by atoms with E-state index in [-0.39, 0.29) is 0 Å². The number of nitrogens with one attached hydrogen (secondary N) is 1. The standard InChI is InChI=1S/C27H37NO/c1-19(2)20-10-12-21(13-11-20)26-9-7-6-8-22(26)16-25(29)18-24-17-23(14-15-28-24)27(3,4)5/h6-13,19,23-24,28H,14-18H2,1-5H3. The Balaban J connectivity index is 1.68. The molecule has 29 heavy (non-hydrogen) atoms. The number of Topliss-reactive ketones (excluding diaryl/α,β-unsaturated/α-hetero) is 1. The van der Waals surface area contributed by atoms with Crippen molar-refractivity contribution < 1.29 is 4.79 Å². The van der Waals surface area contributed by atoms with Crippen LogP contribution in [0, 0.1) is 11.3 Å². The second-order valence-corrected chi connectivity index (χ2v) is 10.1. The predicted octanol–water partition coefficient (Wildman–Crippen LogP) is 6.39. The molecule has 2 atom stereocenters. The minimum Gasteiger partial charge on any atom is -0.314 e. The molecule has 0 radical (unpaired) electrons. The van der Waals surface area contributed by atoms with Gasteiger partial charge in [0.2, 0.25) is 0 Å². The summed E-state index contributed by atoms with van der Waals surface area (Å²) in [7, 11) is 0. The lowest BCUT2D eigenvalue weighted by atomic mass is 9.73. The van der Waals surface area contributed by atoms with Gasteiger partial charge in [0.05, 0.1) is 0 Å². The Morgan fingerprint density at radius 3 is 2.41 bits per heavy atom. The van der Waals surface area contributed by atoms with Crippen LogP contribution in [0.1, 0.15) is 70.9 Å². The van der Waals surface area contributed by atoms with E-state index in [1.165, 1.54) is 23.1 Å². The molecule has 1 aliphatic rings. The molecule has 0 saturated carbocycles. The predicted molar refractivity (Wildman–Crippen MR) is 123 cm³/mol. The van der Waals surface area contributed by atoms with Gasteiger partial charge in [-0.05, 0) is 58.9 Å². The van der Waals surface area contributed by atoms with Crippen LogP contribution in [0.3, 0.4) is 0 Å². The minimum absolute atomic E-state index is 0.318. The lowest BCUT2D eigenvalue weighted by Crippen LogP contribution is -2.43. The summed E-state index contributed by atoms with van der Waals surface area (Å²) < 4.78 is 0. The molecule has 0 amide bonds. The fraction of sp³-hybridized carbons (Fsp3) is 0.519. The molecule has 1 N–H and O–H groups in total. The van der Waals surface area contributed by atoms with Gasteiger partial charge in [0.1, 0.15) is 5.78 Å². The van der Waals surface area contributed by atoms with Crippen molar-refractivity contribution in [1.82, 2.24) is 5.32 Å². The Hall–Kier alpha value is -1.93. The molecule has 1 aliphatic heterocycles. The number of rotatable bonds is 6. The second kappa shape index (κ2) is 9.26. The molecule has 0 aromatic heterocycles. The van der Waals surface area contributed by atoms with E-state index in [9.17, 15) is 4.79 Å². The maximum atomic E-state index is 12.9. The van der Waals surface area contributed by atoms with E-state index in [4.69, 9.17) is 0 Å². The molecule has 0 spiro atoms. The third kappa shape index (κ3) is 5.79. The Labute approximate surface area is 177 Å². The van der Waals surface area contributed by atoms with Crippen LogP contribution in [-0.2, 0) is 11.2 Å². The lowest BCUT2D eigenvalue weighted by Gasteiger charge is -2.38. The van der Waals surface area contributed by atoms with Crippen LogP contribution < -0.4 is 5.32 Å². The van der Waals surface area contributed by atoms with Crippen molar-refractivity contribution in [3.05, 3.63) is 59.7 Å². The van der Waals surface area contributed by atoms with Crippen molar-refractivity contribution in [2.75, 3.05) is 6.54 Å². The molecule has 3 rings (SSSR count). The molecule has 1 heterocycles. The van der Waals surface area contributed by atoms with Crippen LogP contribution in [-0.4, -0.2) is 18.4 Å². The largest absolute Gasteiger partial charge is 0.314 e. The van der Waals surface area contributed by atoms with Crippen molar-refractivity contribution in [2.45, 2.75) is 72.3 Å². The normalized spacial score (nSPS) is 20.1. The first-order valence-electron chi connectivity index (χ1n) is 11.2. The van der Waals surface area contributed by atoms with Crippen molar-refractivity contribution >= 4 is 5.78 Å². The first kappa shape index (κ1) is 21.8. The number of benzene rings is 2. The van der Waals surface area contributed by atoms with Crippen molar-refractivity contribution in [2.24, 2.45) is 11.3 Å². The van der Waals surface area contributed by atoms with E-state index in [1.807, 2.05) is 6.07 Å². The zero-order chi connectivity index (χ0) is 21.0. The first-order valence-corrected chi connectivity index (χ1v) is 11.2. The lowest BCUT2D eigenvalue weighted by molar-refractivity contribution is -0.119. The Bertz CT molecular complexity index is 813. The number of hydrogen-bond acceptors (Lipinski definition) is 2. The van der Waals surface area contributed by atoms with Gasteiger partial charge >= 0.3 is 0 Å². The highest BCUT2D eigenvalue weighted by Gasteiger charge is 2.31. The zero-order valence-electron chi connectivity index (χ0n) is 18.8. The van der Waals surface area contributed by atoms with Gasteiger partial charge in [-0.3, -0.25) is 4.79 Å². The van der Waals surface area contributed by atoms with Crippen LogP contribution in [0.2, 0.25) is 0 Å². The Kier molecular flexibility index (Phi) is 6.95. The van der Waals surface area contributed by atoms with E-state index in [0.717, 1.165) is 18.5 Å². The van der Waals surface area contributed by atoms with Gasteiger partial charge in [-0.25, -0.2) is 0 Å². The van der Waals surface area contributed by atoms with Gasteiger partial charge in [-0.1, -0.05) is 83.1 Å². The summed E-state index contributed by atoms with van der Waals surface area (Å²) >= 11 is 0. The molecule has 2 unspecified atom stereocenters. The molecule has 0 bridgehead atoms. The molecule has 156 valence electrons. The molecule has 1 fully saturated rings. The monoisotopic (exact) mass is 391 g/mol. The molecule has 2 aromatic carbocycles. The highest BCUT2D eigenvalue weighted by atomic mass is 16.1. The molecule has 0 aliphatic carbocycles. The van der Waals surface area contributed by atoms with Gasteiger partial charge < -0.3 is 5.32 Å². The maximum Gasteiger partial charge on any atom is 0.138 e. The van der Waals surface area contributed by atoms with Gasteiger partial charge in [-0.2, -0.15) is 0 Å². The van der Waals surface area contributed by atoms with Crippen molar-refractivity contribution in [3.63, 3.8) is 0 Å². The third-order valence-electron chi connectivity index (χ3n) is 6.49. The summed E-state index contributed by atoms with van der Waals surface area (Å²) in [5.74, 6) is 1.55. The molecular weight excluding hydrogens is 354 g/mol. The minimum atomic E-state index is 0.318. The second-order valence-electron chi connectivity index (χ2n) is 10.1. The number of carbonyl (C=O) groups excluding carboxylic acids is 1. The quantitative estimate of drug-likeness (QED) is 0.618. The van der Waals surface area contributed by atoms with Crippen LogP contribution in [0.5, 0.6) is 0 Å². The summed E-state index contributed by atoms with van der Waals surface area (Å²) in [6, 6.07) is 17.5. The van der Waals surface area contributed by atoms with Crippen molar-refractivity contribution in [1.29, 1.82) is 0 Å². The van der Waals surface area contributed by atoms with Gasteiger partial charge in [0, 0.05) is 18.9 Å². The number of piperidine rings is 1. The highest BCUT2D eigenvalue weighted by Crippen LogP contribution is 2.35. The van der Waals surface area contributed by atoms with E-state index < -0.39 is 0 Å². The molecule has 2 nitrogen and oxygen atoms in total. The Morgan fingerprint density at radius 1 is 1.07 bits per heavy atom. The zero-order valence-corrected chi connectivity index (χ0v) is 18.8. The van der Waals surface area contributed by atoms with Gasteiger partial charge in [0.25, 0.3) is 0 Å². The summed E-state index contributed by atoms with van der Waals surface area (Å²) in [4.78, 5) is 12.9. The number of hydrogen-bond donors (Lipinski definition) is 1. The highest BCUT2D eigenvalue weighted by molar-refractivity contribution is 5.84. The van der Waals surface area contributed by atoms with Crippen molar-refractivity contribution in [3.8, 4) is 11.1 Å². The fourth-order valence-electron chi connectivity index (χ4n) is 4.51.